The van der Waals surface area contributed by atoms with Crippen molar-refractivity contribution in [1.29, 1.82) is 0 Å². The lowest BCUT2D eigenvalue weighted by Gasteiger charge is -2.42. The summed E-state index contributed by atoms with van der Waals surface area (Å²) in [4.78, 5) is 27.1. The van der Waals surface area contributed by atoms with Crippen LogP contribution in [0.15, 0.2) is 54.6 Å². The lowest BCUT2D eigenvalue weighted by molar-refractivity contribution is -0.135. The largest absolute Gasteiger partial charge is 0.447 e. The number of rotatable bonds is 12. The standard InChI is InChI=1S/C30H47NO6Si/c1-11-25(35-8)27(37-38(9,10)30(5,6)7)21(3)17-20(2)26(32)22(4)28(33)31-24(19-36-29(31)34)18-23-15-13-12-14-16-23/h11-17,21-22,24-27,32H,1,18-19H2,2-10H3/b20-17-/t21-,22?,24-,25+,26+,27?/m1/s1. The first kappa shape index (κ1) is 32.0. The Balaban J connectivity index is 2.22. The predicted molar refractivity (Wildman–Crippen MR) is 153 cm³/mol. The number of hydrogen-bond donors (Lipinski definition) is 1. The van der Waals surface area contributed by atoms with Crippen molar-refractivity contribution in [2.24, 2.45) is 11.8 Å². The van der Waals surface area contributed by atoms with Crippen molar-refractivity contribution in [1.82, 2.24) is 4.90 Å². The molecule has 1 N–H and O–H groups in total. The average molecular weight is 546 g/mol. The minimum atomic E-state index is -2.14. The van der Waals surface area contributed by atoms with Crippen LogP contribution in [0.4, 0.5) is 4.79 Å². The lowest BCUT2D eigenvalue weighted by atomic mass is 9.91. The fourth-order valence-electron chi connectivity index (χ4n) is 4.48. The van der Waals surface area contributed by atoms with E-state index in [2.05, 4.69) is 40.4 Å². The summed E-state index contributed by atoms with van der Waals surface area (Å²) >= 11 is 0. The number of carbonyl (C=O) groups is 2. The van der Waals surface area contributed by atoms with Crippen LogP contribution in [-0.2, 0) is 25.1 Å². The van der Waals surface area contributed by atoms with Crippen LogP contribution < -0.4 is 0 Å². The highest BCUT2D eigenvalue weighted by atomic mass is 28.4. The van der Waals surface area contributed by atoms with Gasteiger partial charge in [-0.15, -0.1) is 6.58 Å². The number of aliphatic hydroxyl groups excluding tert-OH is 1. The summed E-state index contributed by atoms with van der Waals surface area (Å²) in [6.07, 6.45) is 1.79. The molecule has 0 spiro atoms. The molecule has 1 aromatic carbocycles. The van der Waals surface area contributed by atoms with E-state index < -0.39 is 38.4 Å². The molecule has 1 heterocycles. The second-order valence-corrected chi connectivity index (χ2v) is 16.7. The second-order valence-electron chi connectivity index (χ2n) is 11.9. The number of amides is 2. The number of aliphatic hydroxyl groups is 1. The molecule has 2 rings (SSSR count). The minimum absolute atomic E-state index is 0.00423. The highest BCUT2D eigenvalue weighted by Crippen LogP contribution is 2.39. The number of imide groups is 1. The summed E-state index contributed by atoms with van der Waals surface area (Å²) in [6, 6.07) is 9.26. The highest BCUT2D eigenvalue weighted by molar-refractivity contribution is 6.74. The lowest BCUT2D eigenvalue weighted by Crippen LogP contribution is -2.49. The molecule has 0 radical (unpaired) electrons. The molecule has 212 valence electrons. The Morgan fingerprint density at radius 2 is 1.87 bits per heavy atom. The zero-order valence-electron chi connectivity index (χ0n) is 24.6. The maximum atomic E-state index is 13.4. The Kier molecular flexibility index (Phi) is 11.1. The van der Waals surface area contributed by atoms with E-state index in [1.807, 2.05) is 43.3 Å². The van der Waals surface area contributed by atoms with Crippen LogP contribution in [0.3, 0.4) is 0 Å². The van der Waals surface area contributed by atoms with E-state index in [-0.39, 0.29) is 29.8 Å². The van der Waals surface area contributed by atoms with Crippen LogP contribution in [0, 0.1) is 11.8 Å². The molecule has 2 unspecified atom stereocenters. The van der Waals surface area contributed by atoms with Crippen molar-refractivity contribution in [3.05, 3.63) is 60.2 Å². The van der Waals surface area contributed by atoms with Gasteiger partial charge in [0, 0.05) is 13.0 Å². The Hall–Kier alpha value is -2.26. The molecule has 0 saturated carbocycles. The van der Waals surface area contributed by atoms with E-state index in [4.69, 9.17) is 13.9 Å². The fraction of sp³-hybridized carbons (Fsp3) is 0.600. The number of benzene rings is 1. The SMILES string of the molecule is C=C[C@H](OC)C(O[Si](C)(C)C(C)(C)C)[C@H](C)/C=C(/C)[C@H](O)C(C)C(=O)N1C(=O)OC[C@H]1Cc1ccccc1. The first-order valence-electron chi connectivity index (χ1n) is 13.4. The molecule has 0 bridgehead atoms. The number of ether oxygens (including phenoxy) is 2. The van der Waals surface area contributed by atoms with E-state index in [1.54, 1.807) is 27.0 Å². The number of nitrogens with zero attached hydrogens (tertiary/aromatic N) is 1. The van der Waals surface area contributed by atoms with Gasteiger partial charge >= 0.3 is 6.09 Å². The van der Waals surface area contributed by atoms with Crippen LogP contribution in [0.5, 0.6) is 0 Å². The van der Waals surface area contributed by atoms with Crippen LogP contribution in [0.25, 0.3) is 0 Å². The van der Waals surface area contributed by atoms with Crippen molar-refractivity contribution in [2.75, 3.05) is 13.7 Å². The molecular formula is C30H47NO6Si. The third kappa shape index (κ3) is 7.65. The summed E-state index contributed by atoms with van der Waals surface area (Å²) in [7, 11) is -0.508. The molecule has 7 nitrogen and oxygen atoms in total. The van der Waals surface area contributed by atoms with E-state index in [9.17, 15) is 14.7 Å². The van der Waals surface area contributed by atoms with E-state index in [0.717, 1.165) is 5.56 Å². The van der Waals surface area contributed by atoms with Gasteiger partial charge in [0.15, 0.2) is 8.32 Å². The normalized spacial score (nSPS) is 20.9. The summed E-state index contributed by atoms with van der Waals surface area (Å²) in [5.74, 6) is -1.41. The zero-order chi connectivity index (χ0) is 28.8. The molecule has 8 heteroatoms. The van der Waals surface area contributed by atoms with Crippen molar-refractivity contribution in [2.45, 2.75) is 90.4 Å². The number of hydrogen-bond acceptors (Lipinski definition) is 6. The van der Waals surface area contributed by atoms with Crippen LogP contribution in [0.1, 0.15) is 47.1 Å². The predicted octanol–water partition coefficient (Wildman–Crippen LogP) is 5.75. The maximum absolute atomic E-state index is 13.4. The first-order valence-corrected chi connectivity index (χ1v) is 16.3. The van der Waals surface area contributed by atoms with E-state index >= 15 is 0 Å². The molecule has 0 aliphatic carbocycles. The molecule has 1 fully saturated rings. The summed E-state index contributed by atoms with van der Waals surface area (Å²) in [5.41, 5.74) is 1.64. The topological polar surface area (TPSA) is 85.3 Å². The molecule has 2 amide bonds. The van der Waals surface area contributed by atoms with Gasteiger partial charge in [-0.2, -0.15) is 0 Å². The maximum Gasteiger partial charge on any atom is 0.416 e. The summed E-state index contributed by atoms with van der Waals surface area (Å²) in [5, 5.41) is 11.2. The quantitative estimate of drug-likeness (QED) is 0.266. The molecule has 1 saturated heterocycles. The summed E-state index contributed by atoms with van der Waals surface area (Å²) in [6.45, 7) is 20.5. The van der Waals surface area contributed by atoms with Crippen molar-refractivity contribution in [3.8, 4) is 0 Å². The monoisotopic (exact) mass is 545 g/mol. The van der Waals surface area contributed by atoms with Gasteiger partial charge in [-0.25, -0.2) is 9.69 Å². The average Bonchev–Trinajstić information content (AvgIpc) is 3.21. The van der Waals surface area contributed by atoms with Crippen LogP contribution in [-0.4, -0.2) is 68.4 Å². The van der Waals surface area contributed by atoms with Crippen molar-refractivity contribution < 1.29 is 28.6 Å². The molecule has 0 aromatic heterocycles. The second kappa shape index (κ2) is 13.2. The Labute approximate surface area is 230 Å². The molecule has 38 heavy (non-hydrogen) atoms. The third-order valence-electron chi connectivity index (χ3n) is 7.95. The molecule has 1 aromatic rings. The van der Waals surface area contributed by atoms with Crippen molar-refractivity contribution >= 4 is 20.3 Å². The van der Waals surface area contributed by atoms with Gasteiger partial charge in [-0.3, -0.25) is 4.79 Å². The number of carbonyl (C=O) groups excluding carboxylic acids is 2. The first-order chi connectivity index (χ1) is 17.6. The van der Waals surface area contributed by atoms with Crippen LogP contribution >= 0.6 is 0 Å². The van der Waals surface area contributed by atoms with Gasteiger partial charge in [0.1, 0.15) is 12.7 Å². The molecule has 6 atom stereocenters. The Bertz CT molecular complexity index is 986. The number of cyclic esters (lactones) is 1. The summed E-state index contributed by atoms with van der Waals surface area (Å²) < 4.78 is 17.6. The molecular weight excluding hydrogens is 498 g/mol. The Morgan fingerprint density at radius 3 is 2.39 bits per heavy atom. The van der Waals surface area contributed by atoms with Gasteiger partial charge in [0.05, 0.1) is 24.2 Å². The van der Waals surface area contributed by atoms with Crippen molar-refractivity contribution in [3.63, 3.8) is 0 Å². The smallest absolute Gasteiger partial charge is 0.416 e. The Morgan fingerprint density at radius 1 is 1.26 bits per heavy atom. The molecule has 1 aliphatic rings. The minimum Gasteiger partial charge on any atom is -0.447 e. The van der Waals surface area contributed by atoms with Gasteiger partial charge in [-0.05, 0) is 42.6 Å². The van der Waals surface area contributed by atoms with Gasteiger partial charge in [-0.1, -0.05) is 77.1 Å². The van der Waals surface area contributed by atoms with Crippen LogP contribution in [0.2, 0.25) is 18.1 Å². The van der Waals surface area contributed by atoms with E-state index in [1.165, 1.54) is 4.90 Å². The number of methoxy groups -OCH3 is 1. The highest BCUT2D eigenvalue weighted by Gasteiger charge is 2.43. The van der Waals surface area contributed by atoms with Gasteiger partial charge < -0.3 is 19.0 Å². The van der Waals surface area contributed by atoms with Gasteiger partial charge in [0.2, 0.25) is 5.91 Å². The van der Waals surface area contributed by atoms with Gasteiger partial charge in [0.25, 0.3) is 0 Å². The zero-order valence-corrected chi connectivity index (χ0v) is 25.6. The fourth-order valence-corrected chi connectivity index (χ4v) is 5.86. The molecule has 1 aliphatic heterocycles. The third-order valence-corrected chi connectivity index (χ3v) is 12.4. The van der Waals surface area contributed by atoms with E-state index in [0.29, 0.717) is 12.0 Å².